The second kappa shape index (κ2) is 38.1. The predicted molar refractivity (Wildman–Crippen MR) is 338 cm³/mol. The predicted octanol–water partition coefficient (Wildman–Crippen LogP) is 6.77. The number of nitrogens with one attached hydrogen (secondary N) is 3. The van der Waals surface area contributed by atoms with Crippen LogP contribution in [0.15, 0.2) is 91.5 Å². The topological polar surface area (TPSA) is 309 Å². The van der Waals surface area contributed by atoms with Crippen LogP contribution in [0.3, 0.4) is 0 Å². The molecule has 5 heterocycles. The van der Waals surface area contributed by atoms with Crippen LogP contribution in [0.4, 0.5) is 14.5 Å². The minimum atomic E-state index is -3.22. The Kier molecular flexibility index (Phi) is 29.5. The lowest BCUT2D eigenvalue weighted by atomic mass is 9.98. The zero-order chi connectivity index (χ0) is 64.6. The Morgan fingerprint density at radius 1 is 0.747 bits per heavy atom. The van der Waals surface area contributed by atoms with Crippen molar-refractivity contribution in [1.29, 1.82) is 5.26 Å². The van der Waals surface area contributed by atoms with Gasteiger partial charge >= 0.3 is 5.97 Å². The number of anilines is 1. The van der Waals surface area contributed by atoms with Crippen molar-refractivity contribution in [2.75, 3.05) is 130 Å². The molecule has 0 bridgehead atoms. The van der Waals surface area contributed by atoms with Crippen LogP contribution >= 0.6 is 21.6 Å². The number of methoxy groups -OCH3 is 1. The molecule has 1 aliphatic rings. The van der Waals surface area contributed by atoms with Crippen LogP contribution in [0.25, 0.3) is 44.1 Å². The first-order chi connectivity index (χ1) is 44.2. The molecule has 28 heteroatoms. The average molecular weight is 1300 g/mol. The molecule has 0 aliphatic carbocycles. The van der Waals surface area contributed by atoms with Gasteiger partial charge < -0.3 is 69.2 Å². The number of hydrogen-bond donors (Lipinski definition) is 4. The molecule has 1 unspecified atom stereocenters. The van der Waals surface area contributed by atoms with Crippen LogP contribution in [0.2, 0.25) is 0 Å². The van der Waals surface area contributed by atoms with Crippen LogP contribution in [-0.4, -0.2) is 197 Å². The standard InChI is InChI=1S/C63H76F2N10O14S2/c1-3-4-18-82-20-22-84-24-26-86-28-29-87-27-25-85-23-21-83-19-17-70-61(80)56(74-57(76)40-88-48-10-12-55-52(33-48)50(14-16-69-55)60(79)72-38-58(77)75-42-63(64,65)34-47(75)35-66)41-91-90-30-5-6-59(78)89-39-46-9-7-44(36-71-46)49-13-15-68-54-11-8-43(31-51(49)54)45-32-53(67)62(81-2)73-37-45/h7-16,31-33,36-37,47,56H,3-6,17-30,34,38-42,67H2,1-2H3,(H,70,80)(H,72,79)(H,74,76)/t47-,56?/m0/s1. The molecule has 0 saturated carbocycles. The number of nitriles is 1. The SMILES string of the molecule is CCCCOCCOCCOCCOCCOCCOCCNC(=O)C(CSSCCCC(=O)OCc1ccc(-c2ccnc3ccc(-c4cnc(OC)c(N)c4)cc23)cn1)NC(=O)COc1ccc2nccc(C(=O)NCC(=O)N3CC(F)(F)C[C@H]3C#N)c2c1. The first-order valence-corrected chi connectivity index (χ1v) is 32.2. The summed E-state index contributed by atoms with van der Waals surface area (Å²) in [5.74, 6) is -5.09. The zero-order valence-electron chi connectivity index (χ0n) is 50.8. The number of rotatable bonds is 41. The monoisotopic (exact) mass is 1300 g/mol. The maximum atomic E-state index is 14.0. The van der Waals surface area contributed by atoms with Crippen molar-refractivity contribution in [3.63, 3.8) is 0 Å². The number of alkyl halides is 2. The van der Waals surface area contributed by atoms with E-state index < -0.39 is 73.7 Å². The fourth-order valence-electron chi connectivity index (χ4n) is 9.07. The Balaban J connectivity index is 0.834. The van der Waals surface area contributed by atoms with Gasteiger partial charge in [0.1, 0.15) is 24.4 Å². The van der Waals surface area contributed by atoms with E-state index in [9.17, 15) is 38.0 Å². The van der Waals surface area contributed by atoms with E-state index in [-0.39, 0.29) is 49.9 Å². The normalized spacial score (nSPS) is 13.8. The Labute approximate surface area is 534 Å². The minimum absolute atomic E-state index is 0.0207. The molecule has 0 radical (unpaired) electrons. The number of aromatic nitrogens is 4. The number of nitrogen functional groups attached to an aromatic ring is 1. The maximum Gasteiger partial charge on any atom is 0.306 e. The van der Waals surface area contributed by atoms with Crippen LogP contribution in [-0.2, 0) is 58.9 Å². The number of unbranched alkanes of at least 4 members (excludes halogenated alkanes) is 1. The third kappa shape index (κ3) is 23.4. The van der Waals surface area contributed by atoms with Crippen molar-refractivity contribution in [2.45, 2.75) is 63.6 Å². The lowest BCUT2D eigenvalue weighted by Crippen LogP contribution is -2.50. The summed E-state index contributed by atoms with van der Waals surface area (Å²) >= 11 is 0. The molecule has 4 aromatic heterocycles. The van der Waals surface area contributed by atoms with Crippen LogP contribution < -0.4 is 31.2 Å². The molecule has 1 fully saturated rings. The van der Waals surface area contributed by atoms with Crippen molar-refractivity contribution >= 4 is 78.7 Å². The van der Waals surface area contributed by atoms with E-state index in [1.54, 1.807) is 36.8 Å². The van der Waals surface area contributed by atoms with Crippen LogP contribution in [0.1, 0.15) is 55.1 Å². The summed E-state index contributed by atoms with van der Waals surface area (Å²) in [6.45, 7) is 5.27. The molecule has 6 aromatic rings. The molecule has 1 aliphatic heterocycles. The van der Waals surface area contributed by atoms with Gasteiger partial charge in [-0.3, -0.25) is 38.9 Å². The maximum absolute atomic E-state index is 14.0. The summed E-state index contributed by atoms with van der Waals surface area (Å²) in [5.41, 5.74) is 11.9. The lowest BCUT2D eigenvalue weighted by Gasteiger charge is -2.19. The van der Waals surface area contributed by atoms with Gasteiger partial charge in [0.15, 0.2) is 6.61 Å². The highest BCUT2D eigenvalue weighted by Crippen LogP contribution is 2.34. The van der Waals surface area contributed by atoms with Crippen molar-refractivity contribution < 1.29 is 75.4 Å². The van der Waals surface area contributed by atoms with Crippen LogP contribution in [0, 0.1) is 11.3 Å². The molecule has 2 aromatic carbocycles. The number of likely N-dealkylation sites (tertiary alicyclic amines) is 1. The van der Waals surface area contributed by atoms with Crippen LogP contribution in [0.5, 0.6) is 11.6 Å². The molecule has 24 nitrogen and oxygen atoms in total. The number of carbonyl (C=O) groups is 5. The fraction of sp³-hybridized carbons (Fsp3) is 0.460. The molecule has 0 spiro atoms. The van der Waals surface area contributed by atoms with Gasteiger partial charge in [0.2, 0.25) is 17.7 Å². The highest BCUT2D eigenvalue weighted by molar-refractivity contribution is 8.76. The first-order valence-electron chi connectivity index (χ1n) is 29.7. The number of esters is 1. The quantitative estimate of drug-likeness (QED) is 0.0175. The van der Waals surface area contributed by atoms with Gasteiger partial charge in [-0.15, -0.1) is 0 Å². The van der Waals surface area contributed by atoms with Gasteiger partial charge in [0, 0.05) is 84.2 Å². The summed E-state index contributed by atoms with van der Waals surface area (Å²) in [4.78, 5) is 84.4. The number of nitrogens with two attached hydrogens (primary N) is 1. The third-order valence-corrected chi connectivity index (χ3v) is 16.3. The van der Waals surface area contributed by atoms with Gasteiger partial charge in [0.05, 0.1) is 127 Å². The van der Waals surface area contributed by atoms with Gasteiger partial charge in [-0.1, -0.05) is 47.1 Å². The Morgan fingerprint density at radius 2 is 1.41 bits per heavy atom. The number of hydrogen-bond acceptors (Lipinski definition) is 22. The summed E-state index contributed by atoms with van der Waals surface area (Å²) in [7, 11) is 4.26. The van der Waals surface area contributed by atoms with E-state index in [0.29, 0.717) is 99.8 Å². The van der Waals surface area contributed by atoms with Gasteiger partial charge in [-0.2, -0.15) is 5.26 Å². The van der Waals surface area contributed by atoms with E-state index in [2.05, 4.69) is 42.8 Å². The molecule has 2 atom stereocenters. The third-order valence-electron chi connectivity index (χ3n) is 13.8. The summed E-state index contributed by atoms with van der Waals surface area (Å²) < 4.78 is 77.8. The number of nitrogens with zero attached hydrogens (tertiary/aromatic N) is 6. The first kappa shape index (κ1) is 70.6. The van der Waals surface area contributed by atoms with E-state index in [0.717, 1.165) is 57.5 Å². The van der Waals surface area contributed by atoms with E-state index in [1.807, 2.05) is 36.4 Å². The molecule has 1 saturated heterocycles. The fourth-order valence-corrected chi connectivity index (χ4v) is 11.3. The summed E-state index contributed by atoms with van der Waals surface area (Å²) in [6.07, 6.45) is 8.49. The Hall–Kier alpha value is -7.88. The highest BCUT2D eigenvalue weighted by Gasteiger charge is 2.47. The number of fused-ring (bicyclic) bond motifs is 2. The number of benzene rings is 2. The second-order valence-corrected chi connectivity index (χ2v) is 23.1. The van der Waals surface area contributed by atoms with E-state index in [4.69, 9.17) is 48.4 Å². The molecule has 4 amide bonds. The number of amides is 4. The molecule has 488 valence electrons. The largest absolute Gasteiger partial charge is 0.484 e. The second-order valence-electron chi connectivity index (χ2n) is 20.5. The lowest BCUT2D eigenvalue weighted by molar-refractivity contribution is -0.145. The zero-order valence-corrected chi connectivity index (χ0v) is 52.5. The number of halogens is 2. The van der Waals surface area contributed by atoms with Crippen molar-refractivity contribution in [3.05, 3.63) is 103 Å². The summed E-state index contributed by atoms with van der Waals surface area (Å²) in [6, 6.07) is 18.7. The van der Waals surface area contributed by atoms with Gasteiger partial charge in [0.25, 0.3) is 17.7 Å². The van der Waals surface area contributed by atoms with Gasteiger partial charge in [-0.25, -0.2) is 13.8 Å². The molecular weight excluding hydrogens is 1220 g/mol. The Bertz CT molecular complexity index is 3370. The summed E-state index contributed by atoms with van der Waals surface area (Å²) in [5, 5.41) is 18.5. The number of ether oxygens (including phenoxy) is 9. The average Bonchev–Trinajstić information content (AvgIpc) is 1.42. The van der Waals surface area contributed by atoms with Crippen molar-refractivity contribution in [2.24, 2.45) is 0 Å². The number of pyridine rings is 4. The van der Waals surface area contributed by atoms with Crippen molar-refractivity contribution in [1.82, 2.24) is 40.8 Å². The molecule has 91 heavy (non-hydrogen) atoms. The smallest absolute Gasteiger partial charge is 0.306 e. The van der Waals surface area contributed by atoms with E-state index in [1.165, 1.54) is 53.1 Å². The molecular formula is C63H76F2N10O14S2. The number of carbonyl (C=O) groups excluding carboxylic acids is 5. The van der Waals surface area contributed by atoms with Gasteiger partial charge in [-0.05, 0) is 78.6 Å². The van der Waals surface area contributed by atoms with Crippen molar-refractivity contribution in [3.8, 4) is 40.0 Å². The Morgan fingerprint density at radius 3 is 2.08 bits per heavy atom. The molecule has 5 N–H and O–H groups in total. The minimum Gasteiger partial charge on any atom is -0.484 e. The highest BCUT2D eigenvalue weighted by atomic mass is 33.1. The van der Waals surface area contributed by atoms with E-state index >= 15 is 0 Å². The molecule has 7 rings (SSSR count).